The first-order valence-corrected chi connectivity index (χ1v) is 7.35. The van der Waals surface area contributed by atoms with E-state index in [1.165, 1.54) is 6.07 Å². The summed E-state index contributed by atoms with van der Waals surface area (Å²) in [7, 11) is 1.79. The van der Waals surface area contributed by atoms with Gasteiger partial charge in [0.1, 0.15) is 5.82 Å². The maximum atomic E-state index is 14.3. The van der Waals surface area contributed by atoms with Gasteiger partial charge >= 0.3 is 0 Å². The van der Waals surface area contributed by atoms with Gasteiger partial charge in [0, 0.05) is 18.1 Å². The molecule has 0 amide bonds. The van der Waals surface area contributed by atoms with Gasteiger partial charge in [-0.3, -0.25) is 0 Å². The second-order valence-corrected chi connectivity index (χ2v) is 5.38. The van der Waals surface area contributed by atoms with Crippen molar-refractivity contribution in [2.45, 2.75) is 12.1 Å². The van der Waals surface area contributed by atoms with Crippen LogP contribution in [0.15, 0.2) is 60.8 Å². The lowest BCUT2D eigenvalue weighted by Crippen LogP contribution is -2.33. The molecule has 0 spiro atoms. The highest BCUT2D eigenvalue weighted by molar-refractivity contribution is 5.85. The van der Waals surface area contributed by atoms with Crippen molar-refractivity contribution in [3.63, 3.8) is 0 Å². The second-order valence-electron chi connectivity index (χ2n) is 5.38. The summed E-state index contributed by atoms with van der Waals surface area (Å²) in [6.07, 6.45) is 1.17. The SMILES string of the molecule is CNC[C@@H](O)[C@H](c1ccccc1)n1ccc2cccc(F)c21.Cl. The zero-order valence-corrected chi connectivity index (χ0v) is 13.6. The fourth-order valence-electron chi connectivity index (χ4n) is 2.94. The highest BCUT2D eigenvalue weighted by atomic mass is 35.5. The molecule has 0 saturated carbocycles. The van der Waals surface area contributed by atoms with Gasteiger partial charge in [-0.25, -0.2) is 4.39 Å². The molecule has 23 heavy (non-hydrogen) atoms. The van der Waals surface area contributed by atoms with Crippen LogP contribution in [0.2, 0.25) is 0 Å². The van der Waals surface area contributed by atoms with Crippen LogP contribution in [0.3, 0.4) is 0 Å². The predicted octanol–water partition coefficient (Wildman–Crippen LogP) is 3.37. The average molecular weight is 335 g/mol. The molecular formula is C18H20ClFN2O. The van der Waals surface area contributed by atoms with Crippen molar-refractivity contribution < 1.29 is 9.50 Å². The third kappa shape index (κ3) is 3.39. The quantitative estimate of drug-likeness (QED) is 0.750. The zero-order valence-electron chi connectivity index (χ0n) is 12.8. The lowest BCUT2D eigenvalue weighted by atomic mass is 10.0. The van der Waals surface area contributed by atoms with Crippen LogP contribution < -0.4 is 5.32 Å². The largest absolute Gasteiger partial charge is 0.389 e. The topological polar surface area (TPSA) is 37.2 Å². The first kappa shape index (κ1) is 17.5. The molecule has 3 rings (SSSR count). The van der Waals surface area contributed by atoms with Crippen LogP contribution in [-0.4, -0.2) is 29.4 Å². The third-order valence-electron chi connectivity index (χ3n) is 3.91. The number of para-hydroxylation sites is 1. The first-order valence-electron chi connectivity index (χ1n) is 7.35. The Morgan fingerprint density at radius 2 is 1.83 bits per heavy atom. The molecule has 2 aromatic carbocycles. The van der Waals surface area contributed by atoms with Crippen molar-refractivity contribution in [3.05, 3.63) is 72.2 Å². The van der Waals surface area contributed by atoms with Gasteiger partial charge in [-0.15, -0.1) is 12.4 Å². The van der Waals surface area contributed by atoms with Gasteiger partial charge in [-0.1, -0.05) is 42.5 Å². The number of likely N-dealkylation sites (N-methyl/N-ethyl adjacent to an activating group) is 1. The molecular weight excluding hydrogens is 315 g/mol. The van der Waals surface area contributed by atoms with E-state index in [-0.39, 0.29) is 24.3 Å². The zero-order chi connectivity index (χ0) is 15.5. The van der Waals surface area contributed by atoms with E-state index in [4.69, 9.17) is 0 Å². The predicted molar refractivity (Wildman–Crippen MR) is 93.7 cm³/mol. The molecule has 3 aromatic rings. The van der Waals surface area contributed by atoms with E-state index < -0.39 is 6.10 Å². The van der Waals surface area contributed by atoms with Crippen LogP contribution in [0, 0.1) is 5.82 Å². The van der Waals surface area contributed by atoms with Gasteiger partial charge in [-0.2, -0.15) is 0 Å². The van der Waals surface area contributed by atoms with Crippen LogP contribution in [0.5, 0.6) is 0 Å². The summed E-state index contributed by atoms with van der Waals surface area (Å²) in [6, 6.07) is 16.2. The highest BCUT2D eigenvalue weighted by Gasteiger charge is 2.24. The first-order chi connectivity index (χ1) is 10.7. The number of hydrogen-bond donors (Lipinski definition) is 2. The molecule has 1 aromatic heterocycles. The lowest BCUT2D eigenvalue weighted by molar-refractivity contribution is 0.132. The summed E-state index contributed by atoms with van der Waals surface area (Å²) in [5.74, 6) is -0.278. The van der Waals surface area contributed by atoms with Crippen molar-refractivity contribution in [1.29, 1.82) is 0 Å². The Labute approximate surface area is 141 Å². The normalized spacial score (nSPS) is 13.5. The monoisotopic (exact) mass is 334 g/mol. The van der Waals surface area contributed by atoms with Crippen molar-refractivity contribution in [2.24, 2.45) is 0 Å². The Balaban J connectivity index is 0.00000192. The standard InChI is InChI=1S/C18H19FN2O.ClH/c1-20-12-16(22)18(13-6-3-2-4-7-13)21-11-10-14-8-5-9-15(19)17(14)21;/h2-11,16,18,20,22H,12H2,1H3;1H/t16-,18+;/m1./s1. The Morgan fingerprint density at radius 3 is 2.52 bits per heavy atom. The Morgan fingerprint density at radius 1 is 1.09 bits per heavy atom. The van der Waals surface area contributed by atoms with E-state index in [1.54, 1.807) is 13.1 Å². The maximum absolute atomic E-state index is 14.3. The summed E-state index contributed by atoms with van der Waals surface area (Å²) < 4.78 is 16.1. The number of aromatic nitrogens is 1. The number of nitrogens with zero attached hydrogens (tertiary/aromatic N) is 1. The number of nitrogens with one attached hydrogen (secondary N) is 1. The van der Waals surface area contributed by atoms with Gasteiger partial charge in [-0.05, 0) is 24.7 Å². The van der Waals surface area contributed by atoms with Crippen molar-refractivity contribution in [3.8, 4) is 0 Å². The van der Waals surface area contributed by atoms with E-state index >= 15 is 0 Å². The van der Waals surface area contributed by atoms with Crippen molar-refractivity contribution in [2.75, 3.05) is 13.6 Å². The molecule has 0 unspecified atom stereocenters. The molecule has 5 heteroatoms. The summed E-state index contributed by atoms with van der Waals surface area (Å²) >= 11 is 0. The molecule has 0 aliphatic rings. The van der Waals surface area contributed by atoms with Crippen LogP contribution in [0.4, 0.5) is 4.39 Å². The molecule has 122 valence electrons. The highest BCUT2D eigenvalue weighted by Crippen LogP contribution is 2.29. The fraction of sp³-hybridized carbons (Fsp3) is 0.222. The molecule has 2 N–H and O–H groups in total. The van der Waals surface area contributed by atoms with Crippen molar-refractivity contribution in [1.82, 2.24) is 9.88 Å². The number of halogens is 2. The fourth-order valence-corrected chi connectivity index (χ4v) is 2.94. The Kier molecular flexibility index (Phi) is 5.77. The molecule has 0 aliphatic heterocycles. The summed E-state index contributed by atoms with van der Waals surface area (Å²) in [5, 5.41) is 14.4. The van der Waals surface area contributed by atoms with E-state index in [2.05, 4.69) is 5.32 Å². The van der Waals surface area contributed by atoms with Crippen molar-refractivity contribution >= 4 is 23.3 Å². The number of benzene rings is 2. The summed E-state index contributed by atoms with van der Waals surface area (Å²) in [4.78, 5) is 0. The molecule has 0 saturated heterocycles. The average Bonchev–Trinajstić information content (AvgIpc) is 2.94. The van der Waals surface area contributed by atoms with Gasteiger partial charge < -0.3 is 15.0 Å². The Bertz CT molecular complexity index is 760. The van der Waals surface area contributed by atoms with Crippen LogP contribution in [-0.2, 0) is 0 Å². The smallest absolute Gasteiger partial charge is 0.147 e. The number of aliphatic hydroxyl groups excluding tert-OH is 1. The van der Waals surface area contributed by atoms with E-state index in [1.807, 2.05) is 53.2 Å². The van der Waals surface area contributed by atoms with E-state index in [0.717, 1.165) is 10.9 Å². The molecule has 0 aliphatic carbocycles. The molecule has 0 radical (unpaired) electrons. The molecule has 0 fully saturated rings. The number of aliphatic hydroxyl groups is 1. The number of hydrogen-bond acceptors (Lipinski definition) is 2. The molecule has 3 nitrogen and oxygen atoms in total. The number of fused-ring (bicyclic) bond motifs is 1. The van der Waals surface area contributed by atoms with E-state index in [0.29, 0.717) is 12.1 Å². The molecule has 1 heterocycles. The minimum absolute atomic E-state index is 0. The van der Waals surface area contributed by atoms with Gasteiger partial charge in [0.2, 0.25) is 0 Å². The minimum Gasteiger partial charge on any atom is -0.389 e. The van der Waals surface area contributed by atoms with Gasteiger partial charge in [0.25, 0.3) is 0 Å². The van der Waals surface area contributed by atoms with Gasteiger partial charge in [0.05, 0.1) is 17.7 Å². The minimum atomic E-state index is -0.664. The Hall–Kier alpha value is -1.88. The summed E-state index contributed by atoms with van der Waals surface area (Å²) in [5.41, 5.74) is 1.47. The van der Waals surface area contributed by atoms with Crippen LogP contribution in [0.25, 0.3) is 10.9 Å². The van der Waals surface area contributed by atoms with E-state index in [9.17, 15) is 9.50 Å². The lowest BCUT2D eigenvalue weighted by Gasteiger charge is -2.26. The maximum Gasteiger partial charge on any atom is 0.147 e. The number of rotatable bonds is 5. The molecule has 0 bridgehead atoms. The van der Waals surface area contributed by atoms with Gasteiger partial charge in [0.15, 0.2) is 0 Å². The summed E-state index contributed by atoms with van der Waals surface area (Å²) in [6.45, 7) is 0.424. The second kappa shape index (κ2) is 7.59. The van der Waals surface area contributed by atoms with Crippen LogP contribution in [0.1, 0.15) is 11.6 Å². The third-order valence-corrected chi connectivity index (χ3v) is 3.91. The van der Waals surface area contributed by atoms with Crippen LogP contribution >= 0.6 is 12.4 Å². The molecule has 2 atom stereocenters.